The maximum absolute atomic E-state index is 13.2. The molecular weight excluding hydrogens is 368 g/mol. The summed E-state index contributed by atoms with van der Waals surface area (Å²) < 4.78 is 62.9. The summed E-state index contributed by atoms with van der Waals surface area (Å²) >= 11 is 0. The average Bonchev–Trinajstić information content (AvgIpc) is 2.57. The number of nitrogens with one attached hydrogen (secondary N) is 1. The standard InChI is InChI=1S/C17H19F2NO5S/c1-24-16-4-3-12(7-17(16)25-2)15(21)9-20-26(22,23)10-11-5-13(18)8-14(19)6-11/h3-8,15,20-21H,9-10H2,1-2H3. The van der Waals surface area contributed by atoms with E-state index in [0.717, 1.165) is 12.1 Å². The van der Waals surface area contributed by atoms with Crippen LogP contribution in [0.5, 0.6) is 11.5 Å². The molecule has 0 aliphatic rings. The van der Waals surface area contributed by atoms with Crippen molar-refractivity contribution in [3.05, 3.63) is 59.2 Å². The highest BCUT2D eigenvalue weighted by atomic mass is 32.2. The van der Waals surface area contributed by atoms with Crippen molar-refractivity contribution in [2.24, 2.45) is 0 Å². The number of aliphatic hydroxyl groups excluding tert-OH is 1. The van der Waals surface area contributed by atoms with E-state index in [9.17, 15) is 22.3 Å². The molecule has 142 valence electrons. The Hall–Kier alpha value is -2.23. The predicted octanol–water partition coefficient (Wildman–Crippen LogP) is 2.13. The Balaban J connectivity index is 2.04. The first kappa shape index (κ1) is 20.1. The molecule has 0 bridgehead atoms. The number of rotatable bonds is 8. The van der Waals surface area contributed by atoms with Gasteiger partial charge >= 0.3 is 0 Å². The maximum Gasteiger partial charge on any atom is 0.215 e. The Morgan fingerprint density at radius 3 is 2.23 bits per heavy atom. The Morgan fingerprint density at radius 2 is 1.65 bits per heavy atom. The normalized spacial score (nSPS) is 12.7. The molecule has 2 N–H and O–H groups in total. The lowest BCUT2D eigenvalue weighted by Gasteiger charge is -2.15. The van der Waals surface area contributed by atoms with Crippen LogP contribution in [0.4, 0.5) is 8.78 Å². The molecule has 1 unspecified atom stereocenters. The van der Waals surface area contributed by atoms with Crippen LogP contribution < -0.4 is 14.2 Å². The molecule has 0 radical (unpaired) electrons. The molecule has 0 saturated carbocycles. The van der Waals surface area contributed by atoms with Crippen molar-refractivity contribution in [1.82, 2.24) is 4.72 Å². The molecule has 26 heavy (non-hydrogen) atoms. The minimum Gasteiger partial charge on any atom is -0.493 e. The minimum absolute atomic E-state index is 0.0318. The fourth-order valence-corrected chi connectivity index (χ4v) is 3.47. The topological polar surface area (TPSA) is 84.9 Å². The summed E-state index contributed by atoms with van der Waals surface area (Å²) in [5, 5.41) is 10.2. The molecule has 2 rings (SSSR count). The zero-order chi connectivity index (χ0) is 19.3. The number of halogens is 2. The molecule has 0 aromatic heterocycles. The second kappa shape index (κ2) is 8.43. The van der Waals surface area contributed by atoms with Crippen LogP contribution in [0.3, 0.4) is 0 Å². The molecule has 1 atom stereocenters. The summed E-state index contributed by atoms with van der Waals surface area (Å²) in [5.74, 6) is -1.47. The summed E-state index contributed by atoms with van der Waals surface area (Å²) in [5.41, 5.74) is 0.387. The number of methoxy groups -OCH3 is 2. The number of sulfonamides is 1. The van der Waals surface area contributed by atoms with E-state index >= 15 is 0 Å². The van der Waals surface area contributed by atoms with Crippen LogP contribution in [0, 0.1) is 11.6 Å². The fraction of sp³-hybridized carbons (Fsp3) is 0.294. The van der Waals surface area contributed by atoms with Gasteiger partial charge in [-0.1, -0.05) is 6.07 Å². The van der Waals surface area contributed by atoms with E-state index in [-0.39, 0.29) is 12.1 Å². The van der Waals surface area contributed by atoms with Crippen LogP contribution in [-0.4, -0.2) is 34.3 Å². The molecule has 0 saturated heterocycles. The summed E-state index contributed by atoms with van der Waals surface area (Å²) in [7, 11) is -0.990. The highest BCUT2D eigenvalue weighted by Gasteiger charge is 2.17. The van der Waals surface area contributed by atoms with Gasteiger partial charge in [0.25, 0.3) is 0 Å². The number of hydrogen-bond acceptors (Lipinski definition) is 5. The van der Waals surface area contributed by atoms with Crippen molar-refractivity contribution >= 4 is 10.0 Å². The SMILES string of the molecule is COc1ccc(C(O)CNS(=O)(=O)Cc2cc(F)cc(F)c2)cc1OC. The Kier molecular flexibility index (Phi) is 6.52. The second-order valence-corrected chi connectivity index (χ2v) is 7.32. The zero-order valence-corrected chi connectivity index (χ0v) is 15.0. The Bertz CT molecular complexity index is 853. The Morgan fingerprint density at radius 1 is 1.04 bits per heavy atom. The number of ether oxygens (including phenoxy) is 2. The van der Waals surface area contributed by atoms with Gasteiger partial charge in [0.2, 0.25) is 10.0 Å². The van der Waals surface area contributed by atoms with Crippen molar-refractivity contribution in [3.8, 4) is 11.5 Å². The lowest BCUT2D eigenvalue weighted by Crippen LogP contribution is -2.29. The van der Waals surface area contributed by atoms with Crippen molar-refractivity contribution in [3.63, 3.8) is 0 Å². The minimum atomic E-state index is -3.90. The van der Waals surface area contributed by atoms with Crippen LogP contribution in [0.2, 0.25) is 0 Å². The van der Waals surface area contributed by atoms with E-state index in [0.29, 0.717) is 23.1 Å². The lowest BCUT2D eigenvalue weighted by atomic mass is 10.1. The highest BCUT2D eigenvalue weighted by Crippen LogP contribution is 2.29. The first-order valence-electron chi connectivity index (χ1n) is 7.56. The molecule has 2 aromatic carbocycles. The number of aliphatic hydroxyl groups is 1. The van der Waals surface area contributed by atoms with E-state index in [2.05, 4.69) is 4.72 Å². The molecule has 0 fully saturated rings. The van der Waals surface area contributed by atoms with Crippen LogP contribution >= 0.6 is 0 Å². The van der Waals surface area contributed by atoms with Gasteiger partial charge in [0, 0.05) is 12.6 Å². The highest BCUT2D eigenvalue weighted by molar-refractivity contribution is 7.88. The van der Waals surface area contributed by atoms with Gasteiger partial charge in [-0.25, -0.2) is 21.9 Å². The zero-order valence-electron chi connectivity index (χ0n) is 14.2. The van der Waals surface area contributed by atoms with Gasteiger partial charge in [0.1, 0.15) is 11.6 Å². The van der Waals surface area contributed by atoms with Gasteiger partial charge in [0.15, 0.2) is 11.5 Å². The van der Waals surface area contributed by atoms with Crippen molar-refractivity contribution in [2.75, 3.05) is 20.8 Å². The molecule has 2 aromatic rings. The van der Waals surface area contributed by atoms with Gasteiger partial charge in [-0.05, 0) is 35.4 Å². The van der Waals surface area contributed by atoms with Crippen molar-refractivity contribution in [1.29, 1.82) is 0 Å². The van der Waals surface area contributed by atoms with Crippen LogP contribution in [0.15, 0.2) is 36.4 Å². The van der Waals surface area contributed by atoms with Gasteiger partial charge in [-0.2, -0.15) is 0 Å². The smallest absolute Gasteiger partial charge is 0.215 e. The van der Waals surface area contributed by atoms with E-state index < -0.39 is 33.5 Å². The summed E-state index contributed by atoms with van der Waals surface area (Å²) in [6, 6.07) is 7.22. The first-order chi connectivity index (χ1) is 12.2. The molecule has 0 spiro atoms. The van der Waals surface area contributed by atoms with E-state index in [1.54, 1.807) is 12.1 Å². The third-order valence-electron chi connectivity index (χ3n) is 3.57. The van der Waals surface area contributed by atoms with E-state index in [1.165, 1.54) is 20.3 Å². The third kappa shape index (κ3) is 5.38. The molecule has 0 heterocycles. The molecular formula is C17H19F2NO5S. The maximum atomic E-state index is 13.2. The monoisotopic (exact) mass is 387 g/mol. The molecule has 0 aliphatic carbocycles. The molecule has 0 amide bonds. The number of hydrogen-bond donors (Lipinski definition) is 2. The molecule has 0 aliphatic heterocycles. The predicted molar refractivity (Wildman–Crippen MR) is 91.5 cm³/mol. The largest absolute Gasteiger partial charge is 0.493 e. The fourth-order valence-electron chi connectivity index (χ4n) is 2.35. The first-order valence-corrected chi connectivity index (χ1v) is 9.21. The summed E-state index contributed by atoms with van der Waals surface area (Å²) in [4.78, 5) is 0. The van der Waals surface area contributed by atoms with Gasteiger partial charge in [-0.3, -0.25) is 0 Å². The average molecular weight is 387 g/mol. The second-order valence-electron chi connectivity index (χ2n) is 5.52. The van der Waals surface area contributed by atoms with Crippen LogP contribution in [0.1, 0.15) is 17.2 Å². The summed E-state index contributed by atoms with van der Waals surface area (Å²) in [6.07, 6.45) is -1.14. The molecule has 9 heteroatoms. The van der Waals surface area contributed by atoms with Gasteiger partial charge in [-0.15, -0.1) is 0 Å². The van der Waals surface area contributed by atoms with Crippen LogP contribution in [-0.2, 0) is 15.8 Å². The Labute approximate surface area is 150 Å². The van der Waals surface area contributed by atoms with E-state index in [1.807, 2.05) is 0 Å². The number of benzene rings is 2. The van der Waals surface area contributed by atoms with Crippen molar-refractivity contribution in [2.45, 2.75) is 11.9 Å². The van der Waals surface area contributed by atoms with Gasteiger partial charge < -0.3 is 14.6 Å². The quantitative estimate of drug-likeness (QED) is 0.725. The van der Waals surface area contributed by atoms with Crippen LogP contribution in [0.25, 0.3) is 0 Å². The van der Waals surface area contributed by atoms with Crippen molar-refractivity contribution < 1.29 is 31.8 Å². The van der Waals surface area contributed by atoms with Gasteiger partial charge in [0.05, 0.1) is 26.1 Å². The summed E-state index contributed by atoms with van der Waals surface area (Å²) in [6.45, 7) is -0.310. The lowest BCUT2D eigenvalue weighted by molar-refractivity contribution is 0.181. The third-order valence-corrected chi connectivity index (χ3v) is 4.89. The van der Waals surface area contributed by atoms with E-state index in [4.69, 9.17) is 9.47 Å². The molecule has 6 nitrogen and oxygen atoms in total.